The van der Waals surface area contributed by atoms with Gasteiger partial charge in [0.25, 0.3) is 0 Å². The van der Waals surface area contributed by atoms with Gasteiger partial charge in [-0.15, -0.1) is 0 Å². The third-order valence-electron chi connectivity index (χ3n) is 2.74. The monoisotopic (exact) mass is 218 g/mol. The molecule has 16 heavy (non-hydrogen) atoms. The molecule has 88 valence electrons. The molecular weight excluding hydrogens is 196 g/mol. The van der Waals surface area contributed by atoms with Gasteiger partial charge in [0.15, 0.2) is 0 Å². The lowest BCUT2D eigenvalue weighted by Crippen LogP contribution is -1.97. The van der Waals surface area contributed by atoms with Crippen molar-refractivity contribution in [3.05, 3.63) is 41.5 Å². The predicted octanol–water partition coefficient (Wildman–Crippen LogP) is 3.84. The molecule has 0 aliphatic carbocycles. The molecule has 0 radical (unpaired) electrons. The second kappa shape index (κ2) is 6.49. The van der Waals surface area contributed by atoms with Gasteiger partial charge < -0.3 is 5.11 Å². The highest BCUT2D eigenvalue weighted by molar-refractivity contribution is 5.50. The zero-order chi connectivity index (χ0) is 12.0. The Labute approximate surface area is 98.8 Å². The zero-order valence-corrected chi connectivity index (χ0v) is 10.5. The molecule has 0 unspecified atom stereocenters. The van der Waals surface area contributed by atoms with E-state index < -0.39 is 0 Å². The average Bonchev–Trinajstić information content (AvgIpc) is 2.29. The molecule has 0 heterocycles. The standard InChI is InChI=1S/C15H22O/c1-12(2)15-9-5-8-14(10-15)7-4-6-13(3)11-16/h4-5,7-10,12-13,16H,6,11H2,1-3H3/b7-4+/t13-/m1/s1. The van der Waals surface area contributed by atoms with Gasteiger partial charge in [0, 0.05) is 6.61 Å². The first kappa shape index (κ1) is 13.0. The van der Waals surface area contributed by atoms with Crippen molar-refractivity contribution in [2.75, 3.05) is 6.61 Å². The molecule has 0 aliphatic heterocycles. The van der Waals surface area contributed by atoms with Gasteiger partial charge in [0.2, 0.25) is 0 Å². The summed E-state index contributed by atoms with van der Waals surface area (Å²) in [5.41, 5.74) is 2.62. The Morgan fingerprint density at radius 2 is 2.00 bits per heavy atom. The molecule has 1 N–H and O–H groups in total. The van der Waals surface area contributed by atoms with Crippen LogP contribution in [0.4, 0.5) is 0 Å². The van der Waals surface area contributed by atoms with E-state index in [2.05, 4.69) is 57.2 Å². The van der Waals surface area contributed by atoms with Crippen LogP contribution in [-0.2, 0) is 0 Å². The predicted molar refractivity (Wildman–Crippen MR) is 70.4 cm³/mol. The molecule has 0 saturated carbocycles. The number of benzene rings is 1. The number of aliphatic hydroxyl groups excluding tert-OH is 1. The molecule has 0 aromatic heterocycles. The van der Waals surface area contributed by atoms with Crippen LogP contribution in [0.2, 0.25) is 0 Å². The molecule has 0 saturated heterocycles. The molecule has 0 bridgehead atoms. The Morgan fingerprint density at radius 3 is 2.62 bits per heavy atom. The fourth-order valence-electron chi connectivity index (χ4n) is 1.53. The van der Waals surface area contributed by atoms with E-state index in [9.17, 15) is 0 Å². The van der Waals surface area contributed by atoms with E-state index in [0.717, 1.165) is 6.42 Å². The maximum Gasteiger partial charge on any atom is 0.0459 e. The van der Waals surface area contributed by atoms with Crippen LogP contribution in [0.1, 0.15) is 44.2 Å². The van der Waals surface area contributed by atoms with Gasteiger partial charge in [0.05, 0.1) is 0 Å². The van der Waals surface area contributed by atoms with Gasteiger partial charge in [-0.3, -0.25) is 0 Å². The molecule has 1 aromatic rings. The summed E-state index contributed by atoms with van der Waals surface area (Å²) in [7, 11) is 0. The summed E-state index contributed by atoms with van der Waals surface area (Å²) in [6, 6.07) is 8.61. The SMILES string of the molecule is CC(C)c1cccc(/C=C/C[C@@H](C)CO)c1. The van der Waals surface area contributed by atoms with Crippen LogP contribution in [-0.4, -0.2) is 11.7 Å². The van der Waals surface area contributed by atoms with Crippen molar-refractivity contribution in [2.45, 2.75) is 33.1 Å². The van der Waals surface area contributed by atoms with Crippen LogP contribution in [0.3, 0.4) is 0 Å². The third-order valence-corrected chi connectivity index (χ3v) is 2.74. The molecule has 1 rings (SSSR count). The highest BCUT2D eigenvalue weighted by Gasteiger charge is 1.98. The maximum atomic E-state index is 8.91. The van der Waals surface area contributed by atoms with Crippen molar-refractivity contribution in [3.8, 4) is 0 Å². The first-order valence-electron chi connectivity index (χ1n) is 6.01. The van der Waals surface area contributed by atoms with Gasteiger partial charge in [-0.05, 0) is 29.4 Å². The number of hydrogen-bond donors (Lipinski definition) is 1. The Hall–Kier alpha value is -1.08. The number of hydrogen-bond acceptors (Lipinski definition) is 1. The van der Waals surface area contributed by atoms with E-state index >= 15 is 0 Å². The first-order chi connectivity index (χ1) is 7.63. The van der Waals surface area contributed by atoms with Crippen LogP contribution in [0.25, 0.3) is 6.08 Å². The van der Waals surface area contributed by atoms with Crippen molar-refractivity contribution in [1.29, 1.82) is 0 Å². The zero-order valence-electron chi connectivity index (χ0n) is 10.5. The summed E-state index contributed by atoms with van der Waals surface area (Å²) in [6.45, 7) is 6.72. The van der Waals surface area contributed by atoms with Crippen molar-refractivity contribution in [1.82, 2.24) is 0 Å². The molecule has 1 nitrogen and oxygen atoms in total. The normalized spacial score (nSPS) is 13.6. The molecule has 0 amide bonds. The number of allylic oxidation sites excluding steroid dienone is 1. The summed E-state index contributed by atoms with van der Waals surface area (Å²) in [6.07, 6.45) is 5.21. The largest absolute Gasteiger partial charge is 0.396 e. The first-order valence-corrected chi connectivity index (χ1v) is 6.01. The molecule has 1 aromatic carbocycles. The Kier molecular flexibility index (Phi) is 5.27. The topological polar surface area (TPSA) is 20.2 Å². The van der Waals surface area contributed by atoms with Crippen LogP contribution in [0.5, 0.6) is 0 Å². The summed E-state index contributed by atoms with van der Waals surface area (Å²) < 4.78 is 0. The minimum absolute atomic E-state index is 0.260. The van der Waals surface area contributed by atoms with Crippen molar-refractivity contribution >= 4 is 6.08 Å². The summed E-state index contributed by atoms with van der Waals surface area (Å²) in [5, 5.41) is 8.91. The maximum absolute atomic E-state index is 8.91. The van der Waals surface area contributed by atoms with E-state index in [1.165, 1.54) is 11.1 Å². The lowest BCUT2D eigenvalue weighted by atomic mass is 10.0. The summed E-state index contributed by atoms with van der Waals surface area (Å²) in [4.78, 5) is 0. The lowest BCUT2D eigenvalue weighted by Gasteiger charge is -2.06. The van der Waals surface area contributed by atoms with Gasteiger partial charge in [-0.2, -0.15) is 0 Å². The van der Waals surface area contributed by atoms with Gasteiger partial charge in [-0.1, -0.05) is 57.2 Å². The van der Waals surface area contributed by atoms with E-state index in [0.29, 0.717) is 11.8 Å². The second-order valence-corrected chi connectivity index (χ2v) is 4.75. The smallest absolute Gasteiger partial charge is 0.0459 e. The van der Waals surface area contributed by atoms with Crippen LogP contribution < -0.4 is 0 Å². The quantitative estimate of drug-likeness (QED) is 0.796. The van der Waals surface area contributed by atoms with Crippen LogP contribution in [0.15, 0.2) is 30.3 Å². The Morgan fingerprint density at radius 1 is 1.25 bits per heavy atom. The van der Waals surface area contributed by atoms with Crippen molar-refractivity contribution < 1.29 is 5.11 Å². The summed E-state index contributed by atoms with van der Waals surface area (Å²) in [5.74, 6) is 0.925. The molecular formula is C15H22O. The fourth-order valence-corrected chi connectivity index (χ4v) is 1.53. The van der Waals surface area contributed by atoms with Crippen molar-refractivity contribution in [3.63, 3.8) is 0 Å². The lowest BCUT2D eigenvalue weighted by molar-refractivity contribution is 0.239. The van der Waals surface area contributed by atoms with Crippen LogP contribution >= 0.6 is 0 Å². The minimum atomic E-state index is 0.260. The van der Waals surface area contributed by atoms with E-state index in [-0.39, 0.29) is 6.61 Å². The Bertz CT molecular complexity index is 339. The third kappa shape index (κ3) is 4.19. The molecule has 0 fully saturated rings. The molecule has 0 spiro atoms. The molecule has 1 heteroatoms. The van der Waals surface area contributed by atoms with Gasteiger partial charge >= 0.3 is 0 Å². The summed E-state index contributed by atoms with van der Waals surface area (Å²) >= 11 is 0. The highest BCUT2D eigenvalue weighted by Crippen LogP contribution is 2.16. The van der Waals surface area contributed by atoms with Gasteiger partial charge in [-0.25, -0.2) is 0 Å². The Balaban J connectivity index is 2.63. The fraction of sp³-hybridized carbons (Fsp3) is 0.467. The average molecular weight is 218 g/mol. The van der Waals surface area contributed by atoms with Gasteiger partial charge in [0.1, 0.15) is 0 Å². The number of aliphatic hydroxyl groups is 1. The molecule has 0 aliphatic rings. The van der Waals surface area contributed by atoms with Crippen molar-refractivity contribution in [2.24, 2.45) is 5.92 Å². The minimum Gasteiger partial charge on any atom is -0.396 e. The highest BCUT2D eigenvalue weighted by atomic mass is 16.3. The van der Waals surface area contributed by atoms with E-state index in [1.807, 2.05) is 0 Å². The van der Waals surface area contributed by atoms with E-state index in [4.69, 9.17) is 5.11 Å². The number of rotatable bonds is 5. The second-order valence-electron chi connectivity index (χ2n) is 4.75. The van der Waals surface area contributed by atoms with Crippen LogP contribution in [0, 0.1) is 5.92 Å². The molecule has 1 atom stereocenters. The van der Waals surface area contributed by atoms with E-state index in [1.54, 1.807) is 0 Å².